The standard InChI is InChI=1S/C15H24N2/c1-15(13-16-11-12-17(15)2)10-6-9-14-7-4-3-5-8-14/h3-5,7-8,16H,6,9-13H2,1-2H3. The Labute approximate surface area is 105 Å². The summed E-state index contributed by atoms with van der Waals surface area (Å²) in [5.74, 6) is 0. The molecule has 1 unspecified atom stereocenters. The number of nitrogens with zero attached hydrogens (tertiary/aromatic N) is 1. The zero-order valence-electron chi connectivity index (χ0n) is 11.1. The van der Waals surface area contributed by atoms with Crippen molar-refractivity contribution >= 4 is 0 Å². The second-order valence-corrected chi connectivity index (χ2v) is 5.43. The molecule has 2 rings (SSSR count). The monoisotopic (exact) mass is 232 g/mol. The van der Waals surface area contributed by atoms with Gasteiger partial charge in [-0.3, -0.25) is 4.90 Å². The fourth-order valence-corrected chi connectivity index (χ4v) is 2.61. The summed E-state index contributed by atoms with van der Waals surface area (Å²) in [5, 5.41) is 3.51. The maximum atomic E-state index is 3.51. The van der Waals surface area contributed by atoms with E-state index in [9.17, 15) is 0 Å². The van der Waals surface area contributed by atoms with Crippen LogP contribution in [0.2, 0.25) is 0 Å². The van der Waals surface area contributed by atoms with Crippen molar-refractivity contribution in [2.24, 2.45) is 0 Å². The highest BCUT2D eigenvalue weighted by molar-refractivity contribution is 5.14. The number of rotatable bonds is 4. The molecule has 1 saturated heterocycles. The first-order valence-electron chi connectivity index (χ1n) is 6.67. The van der Waals surface area contributed by atoms with Gasteiger partial charge in [0.15, 0.2) is 0 Å². The van der Waals surface area contributed by atoms with E-state index in [1.54, 1.807) is 0 Å². The number of benzene rings is 1. The van der Waals surface area contributed by atoms with Crippen LogP contribution in [0.1, 0.15) is 25.3 Å². The molecule has 1 aliphatic heterocycles. The summed E-state index contributed by atoms with van der Waals surface area (Å²) in [6.45, 7) is 5.80. The van der Waals surface area contributed by atoms with Crippen molar-refractivity contribution < 1.29 is 0 Å². The molecule has 0 aromatic heterocycles. The molecule has 0 spiro atoms. The van der Waals surface area contributed by atoms with E-state index in [1.807, 2.05) is 0 Å². The Hall–Kier alpha value is -0.860. The summed E-state index contributed by atoms with van der Waals surface area (Å²) in [6, 6.07) is 10.8. The van der Waals surface area contributed by atoms with Gasteiger partial charge < -0.3 is 5.32 Å². The molecule has 1 heterocycles. The minimum Gasteiger partial charge on any atom is -0.314 e. The number of hydrogen-bond donors (Lipinski definition) is 1. The topological polar surface area (TPSA) is 15.3 Å². The molecular formula is C15H24N2. The van der Waals surface area contributed by atoms with E-state index in [-0.39, 0.29) is 0 Å². The van der Waals surface area contributed by atoms with Gasteiger partial charge in [-0.15, -0.1) is 0 Å². The average molecular weight is 232 g/mol. The Kier molecular flexibility index (Phi) is 4.19. The molecule has 94 valence electrons. The highest BCUT2D eigenvalue weighted by Gasteiger charge is 2.30. The SMILES string of the molecule is CN1CCNCC1(C)CCCc1ccccc1. The van der Waals surface area contributed by atoms with Gasteiger partial charge >= 0.3 is 0 Å². The quantitative estimate of drug-likeness (QED) is 0.857. The number of piperazine rings is 1. The summed E-state index contributed by atoms with van der Waals surface area (Å²) < 4.78 is 0. The van der Waals surface area contributed by atoms with E-state index in [0.29, 0.717) is 5.54 Å². The van der Waals surface area contributed by atoms with Crippen molar-refractivity contribution in [2.75, 3.05) is 26.7 Å². The first-order chi connectivity index (χ1) is 8.21. The van der Waals surface area contributed by atoms with Crippen LogP contribution < -0.4 is 5.32 Å². The third-order valence-corrected chi connectivity index (χ3v) is 4.08. The summed E-state index contributed by atoms with van der Waals surface area (Å²) >= 11 is 0. The van der Waals surface area contributed by atoms with Crippen molar-refractivity contribution in [3.63, 3.8) is 0 Å². The molecule has 17 heavy (non-hydrogen) atoms. The lowest BCUT2D eigenvalue weighted by Crippen LogP contribution is -2.57. The lowest BCUT2D eigenvalue weighted by molar-refractivity contribution is 0.0940. The van der Waals surface area contributed by atoms with E-state index in [0.717, 1.165) is 13.1 Å². The van der Waals surface area contributed by atoms with Gasteiger partial charge in [0.05, 0.1) is 0 Å². The molecule has 0 amide bonds. The Morgan fingerprint density at radius 1 is 1.29 bits per heavy atom. The third-order valence-electron chi connectivity index (χ3n) is 4.08. The minimum atomic E-state index is 0.340. The van der Waals surface area contributed by atoms with Crippen molar-refractivity contribution in [1.82, 2.24) is 10.2 Å². The first-order valence-corrected chi connectivity index (χ1v) is 6.67. The smallest absolute Gasteiger partial charge is 0.0303 e. The lowest BCUT2D eigenvalue weighted by Gasteiger charge is -2.43. The van der Waals surface area contributed by atoms with Crippen LogP contribution in [0.15, 0.2) is 30.3 Å². The lowest BCUT2D eigenvalue weighted by atomic mass is 9.90. The Morgan fingerprint density at radius 3 is 2.76 bits per heavy atom. The van der Waals surface area contributed by atoms with Crippen LogP contribution in [0.3, 0.4) is 0 Å². The maximum absolute atomic E-state index is 3.51. The maximum Gasteiger partial charge on any atom is 0.0303 e. The van der Waals surface area contributed by atoms with E-state index in [1.165, 1.54) is 31.4 Å². The highest BCUT2D eigenvalue weighted by Crippen LogP contribution is 2.22. The van der Waals surface area contributed by atoms with Crippen molar-refractivity contribution in [3.05, 3.63) is 35.9 Å². The second-order valence-electron chi connectivity index (χ2n) is 5.43. The predicted molar refractivity (Wildman–Crippen MR) is 73.3 cm³/mol. The fraction of sp³-hybridized carbons (Fsp3) is 0.600. The van der Waals surface area contributed by atoms with Gasteiger partial charge in [-0.05, 0) is 38.8 Å². The van der Waals surface area contributed by atoms with Crippen LogP contribution >= 0.6 is 0 Å². The van der Waals surface area contributed by atoms with Crippen molar-refractivity contribution in [3.8, 4) is 0 Å². The molecule has 1 aromatic carbocycles. The van der Waals surface area contributed by atoms with Gasteiger partial charge in [-0.2, -0.15) is 0 Å². The number of aryl methyl sites for hydroxylation is 1. The molecule has 0 radical (unpaired) electrons. The molecule has 1 aromatic rings. The minimum absolute atomic E-state index is 0.340. The molecule has 0 aliphatic carbocycles. The van der Waals surface area contributed by atoms with E-state index >= 15 is 0 Å². The van der Waals surface area contributed by atoms with Gasteiger partial charge in [-0.1, -0.05) is 30.3 Å². The molecule has 1 fully saturated rings. The van der Waals surface area contributed by atoms with Crippen LogP contribution in [0, 0.1) is 0 Å². The molecular weight excluding hydrogens is 208 g/mol. The van der Waals surface area contributed by atoms with E-state index in [4.69, 9.17) is 0 Å². The molecule has 2 heteroatoms. The third kappa shape index (κ3) is 3.30. The number of hydrogen-bond acceptors (Lipinski definition) is 2. The zero-order valence-corrected chi connectivity index (χ0v) is 11.1. The van der Waals surface area contributed by atoms with Crippen molar-refractivity contribution in [2.45, 2.75) is 31.7 Å². The average Bonchev–Trinajstić information content (AvgIpc) is 2.35. The van der Waals surface area contributed by atoms with Gasteiger partial charge in [0.2, 0.25) is 0 Å². The van der Waals surface area contributed by atoms with Crippen LogP contribution in [-0.4, -0.2) is 37.1 Å². The van der Waals surface area contributed by atoms with Crippen LogP contribution in [0.4, 0.5) is 0 Å². The summed E-state index contributed by atoms with van der Waals surface area (Å²) in [4.78, 5) is 2.51. The van der Waals surface area contributed by atoms with Crippen LogP contribution in [0.5, 0.6) is 0 Å². The van der Waals surface area contributed by atoms with Gasteiger partial charge in [0, 0.05) is 25.2 Å². The van der Waals surface area contributed by atoms with Crippen LogP contribution in [0.25, 0.3) is 0 Å². The Morgan fingerprint density at radius 2 is 2.06 bits per heavy atom. The fourth-order valence-electron chi connectivity index (χ4n) is 2.61. The first kappa shape index (κ1) is 12.6. The normalized spacial score (nSPS) is 26.0. The highest BCUT2D eigenvalue weighted by atomic mass is 15.2. The second kappa shape index (κ2) is 5.65. The zero-order chi connectivity index (χ0) is 12.1. The Bertz CT molecular complexity index is 336. The van der Waals surface area contributed by atoms with E-state index in [2.05, 4.69) is 54.5 Å². The largest absolute Gasteiger partial charge is 0.314 e. The number of likely N-dealkylation sites (N-methyl/N-ethyl adjacent to an activating group) is 1. The molecule has 1 atom stereocenters. The van der Waals surface area contributed by atoms with Gasteiger partial charge in [0.25, 0.3) is 0 Å². The molecule has 1 aliphatic rings. The van der Waals surface area contributed by atoms with Gasteiger partial charge in [-0.25, -0.2) is 0 Å². The summed E-state index contributed by atoms with van der Waals surface area (Å²) in [7, 11) is 2.25. The van der Waals surface area contributed by atoms with Gasteiger partial charge in [0.1, 0.15) is 0 Å². The van der Waals surface area contributed by atoms with Crippen LogP contribution in [-0.2, 0) is 6.42 Å². The molecule has 0 bridgehead atoms. The summed E-state index contributed by atoms with van der Waals surface area (Å²) in [6.07, 6.45) is 3.74. The molecule has 0 saturated carbocycles. The molecule has 2 nitrogen and oxygen atoms in total. The Balaban J connectivity index is 1.81. The predicted octanol–water partition coefficient (Wildman–Crippen LogP) is 2.30. The van der Waals surface area contributed by atoms with Crippen molar-refractivity contribution in [1.29, 1.82) is 0 Å². The summed E-state index contributed by atoms with van der Waals surface area (Å²) in [5.41, 5.74) is 1.80. The number of nitrogens with one attached hydrogen (secondary N) is 1. The van der Waals surface area contributed by atoms with E-state index < -0.39 is 0 Å². The molecule has 1 N–H and O–H groups in total.